The number of pyridine rings is 1. The lowest BCUT2D eigenvalue weighted by Crippen LogP contribution is -2.62. The fourth-order valence-electron chi connectivity index (χ4n) is 12.4. The lowest BCUT2D eigenvalue weighted by atomic mass is 9.67. The summed E-state index contributed by atoms with van der Waals surface area (Å²) in [6, 6.07) is 10.4. The molecule has 18 nitrogen and oxygen atoms in total. The van der Waals surface area contributed by atoms with Crippen LogP contribution in [-0.4, -0.2) is 177 Å². The summed E-state index contributed by atoms with van der Waals surface area (Å²) >= 11 is 0. The number of aromatic nitrogens is 4. The van der Waals surface area contributed by atoms with Crippen LogP contribution in [0.1, 0.15) is 124 Å². The molecule has 0 radical (unpaired) electrons. The molecule has 0 bridgehead atoms. The molecule has 1 unspecified atom stereocenters. The third-order valence-corrected chi connectivity index (χ3v) is 17.4. The Balaban J connectivity index is 1.28. The van der Waals surface area contributed by atoms with Crippen LogP contribution in [0.2, 0.25) is 0 Å². The average Bonchev–Trinajstić information content (AvgIpc) is 3.87. The van der Waals surface area contributed by atoms with E-state index in [4.69, 9.17) is 33.2 Å². The number of carbonyl (C=O) groups excluding carboxylic acids is 2. The third-order valence-electron chi connectivity index (χ3n) is 17.4. The van der Waals surface area contributed by atoms with E-state index in [1.54, 1.807) is 54.8 Å². The van der Waals surface area contributed by atoms with Crippen LogP contribution >= 0.6 is 0 Å². The molecule has 19 heteroatoms. The van der Waals surface area contributed by atoms with Crippen LogP contribution in [0.5, 0.6) is 0 Å². The van der Waals surface area contributed by atoms with E-state index in [0.717, 1.165) is 22.4 Å². The third kappa shape index (κ3) is 13.1. The molecule has 3 fully saturated rings. The van der Waals surface area contributed by atoms with Crippen molar-refractivity contribution in [3.05, 3.63) is 65.7 Å². The number of esters is 1. The van der Waals surface area contributed by atoms with Crippen molar-refractivity contribution in [3.8, 4) is 11.1 Å². The van der Waals surface area contributed by atoms with Gasteiger partial charge < -0.3 is 58.5 Å². The maximum atomic E-state index is 15.0. The number of cyclic esters (lactones) is 1. The normalized spacial score (nSPS) is 38.1. The van der Waals surface area contributed by atoms with Crippen molar-refractivity contribution >= 4 is 11.8 Å². The Kier molecular flexibility index (Phi) is 20.6. The zero-order valence-corrected chi connectivity index (χ0v) is 47.5. The Morgan fingerprint density at radius 2 is 1.55 bits per heavy atom. The molecule has 3 saturated heterocycles. The number of halogens is 1. The molecule has 3 aliphatic heterocycles. The molecule has 6 rings (SSSR count). The van der Waals surface area contributed by atoms with Gasteiger partial charge in [0.2, 0.25) is 0 Å². The second-order valence-electron chi connectivity index (χ2n) is 22.9. The zero-order chi connectivity index (χ0) is 56.2. The number of nitrogens with zero attached hydrogens (tertiary/aromatic N) is 5. The summed E-state index contributed by atoms with van der Waals surface area (Å²) in [5, 5.41) is 56.1. The van der Waals surface area contributed by atoms with Crippen LogP contribution in [0.4, 0.5) is 4.39 Å². The summed E-state index contributed by atoms with van der Waals surface area (Å²) in [6.45, 7) is 18.9. The van der Waals surface area contributed by atoms with Crippen LogP contribution in [0.15, 0.2) is 48.8 Å². The number of ether oxygens (including phenoxy) is 7. The Morgan fingerprint density at radius 3 is 2.14 bits per heavy atom. The van der Waals surface area contributed by atoms with Crippen LogP contribution in [0, 0.1) is 36.5 Å². The van der Waals surface area contributed by atoms with Gasteiger partial charge in [0.25, 0.3) is 0 Å². The summed E-state index contributed by atoms with van der Waals surface area (Å²) in [7, 11) is 6.48. The van der Waals surface area contributed by atoms with Crippen LogP contribution in [-0.2, 0) is 49.2 Å². The van der Waals surface area contributed by atoms with E-state index in [1.165, 1.54) is 25.8 Å². The molecule has 0 aliphatic carbocycles. The lowest BCUT2D eigenvalue weighted by molar-refractivity contribution is -0.305. The molecule has 1 aromatic carbocycles. The number of rotatable bonds is 16. The van der Waals surface area contributed by atoms with E-state index >= 15 is 0 Å². The molecule has 3 aliphatic rings. The number of benzene rings is 1. The predicted octanol–water partition coefficient (Wildman–Crippen LogP) is 6.19. The van der Waals surface area contributed by atoms with Gasteiger partial charge in [-0.05, 0) is 91.0 Å². The Bertz CT molecular complexity index is 2340. The van der Waals surface area contributed by atoms with Crippen LogP contribution < -0.4 is 0 Å². The first kappa shape index (κ1) is 61.4. The van der Waals surface area contributed by atoms with Crippen molar-refractivity contribution in [2.75, 3.05) is 41.6 Å². The highest BCUT2D eigenvalue weighted by molar-refractivity contribution is 5.83. The van der Waals surface area contributed by atoms with Gasteiger partial charge in [-0.1, -0.05) is 70.2 Å². The summed E-state index contributed by atoms with van der Waals surface area (Å²) < 4.78 is 61.1. The molecule has 5 heterocycles. The number of likely N-dealkylation sites (N-methyl/N-ethyl adjacent to an activating group) is 1. The van der Waals surface area contributed by atoms with Gasteiger partial charge in [0.15, 0.2) is 6.29 Å². The highest BCUT2D eigenvalue weighted by atomic mass is 19.1. The summed E-state index contributed by atoms with van der Waals surface area (Å²) in [5.41, 5.74) is -0.133. The lowest BCUT2D eigenvalue weighted by Gasteiger charge is -2.52. The van der Waals surface area contributed by atoms with Crippen molar-refractivity contribution in [2.24, 2.45) is 29.6 Å². The van der Waals surface area contributed by atoms with Crippen molar-refractivity contribution in [3.63, 3.8) is 0 Å². The van der Waals surface area contributed by atoms with Gasteiger partial charge >= 0.3 is 5.97 Å². The summed E-state index contributed by atoms with van der Waals surface area (Å²) in [5.74, 6) is -5.20. The van der Waals surface area contributed by atoms with Gasteiger partial charge in [-0.25, -0.2) is 9.07 Å². The summed E-state index contributed by atoms with van der Waals surface area (Å²) in [4.78, 5) is 35.4. The second kappa shape index (κ2) is 25.5. The van der Waals surface area contributed by atoms with Gasteiger partial charge in [-0.3, -0.25) is 14.6 Å². The maximum absolute atomic E-state index is 15.0. The Morgan fingerprint density at radius 1 is 0.895 bits per heavy atom. The standard InChI is InChI=1S/C57H88FN5O13/c1-16-45-57(11,69)50(66)36(7)47(64)31(2)26-56(10,72-15)52(34(5)46(35(6)53(68)75-45)44-27-55(9,71-14)51(67)37(8)74-44)76-54-48(65)42(25-33(4)73-54)62(12)24-23-41-30-63(61-60-41)43(28-58)49(70-13)39-21-19-38(20-22-39)40-18-17-32(3)59-29-40/h17-22,29-31,33-37,42-46,48-52,54,65-67,69H,16,23-28H2,1-15H3/t31-,33-,34+,35-,36+,37+,42+,43-,44?,45-,46+,48-,49-,50-,51+,52-,54+,55-,56-,57-/m1/s1. The molecule has 20 atom stereocenters. The highest BCUT2D eigenvalue weighted by Gasteiger charge is 2.56. The van der Waals surface area contributed by atoms with Gasteiger partial charge in [0, 0.05) is 88.2 Å². The highest BCUT2D eigenvalue weighted by Crippen LogP contribution is 2.46. The average molecular weight is 1070 g/mol. The Hall–Kier alpha value is -3.86. The van der Waals surface area contributed by atoms with Gasteiger partial charge in [0.1, 0.15) is 48.5 Å². The van der Waals surface area contributed by atoms with Crippen molar-refractivity contribution < 1.29 is 67.6 Å². The molecule has 76 heavy (non-hydrogen) atoms. The fraction of sp³-hybridized carbons (Fsp3) is 0.737. The summed E-state index contributed by atoms with van der Waals surface area (Å²) in [6.07, 6.45) is -4.98. The first-order valence-electron chi connectivity index (χ1n) is 27.1. The van der Waals surface area contributed by atoms with Crippen molar-refractivity contribution in [2.45, 2.75) is 198 Å². The smallest absolute Gasteiger partial charge is 0.309 e. The number of hydrogen-bond donors (Lipinski definition) is 4. The minimum Gasteiger partial charge on any atom is -0.459 e. The van der Waals surface area contributed by atoms with E-state index in [0.29, 0.717) is 25.1 Å². The number of ketones is 1. The molecule has 0 spiro atoms. The molecule has 2 aromatic heterocycles. The molecule has 0 saturated carbocycles. The van der Waals surface area contributed by atoms with E-state index < -0.39 is 132 Å². The first-order valence-corrected chi connectivity index (χ1v) is 27.1. The SMILES string of the molecule is CC[C@H]1OC(=O)[C@H](C)[C@@H](C2C[C@@](C)(OC)[C@@H](O)[C@H](C)O2)[C@H](C)[C@@H](O[C@@H]2O[C@H](C)C[C@H](N(C)CCc3cn([C@H](CF)[C@H](OC)c4ccc(-c5ccc(C)nc5)cc4)nn3)[C@H]2O)[C@](C)(OC)C[C@@H](C)C(=O)[C@H](C)[C@@H](O)[C@]1(C)O. The number of aliphatic hydroxyl groups excluding tert-OH is 3. The molecule has 4 N–H and O–H groups in total. The van der Waals surface area contributed by atoms with E-state index in [9.17, 15) is 34.4 Å². The number of hydrogen-bond acceptors (Lipinski definition) is 17. The monoisotopic (exact) mass is 1070 g/mol. The number of aliphatic hydroxyl groups is 4. The number of aryl methyl sites for hydroxylation is 1. The predicted molar refractivity (Wildman–Crippen MR) is 282 cm³/mol. The van der Waals surface area contributed by atoms with E-state index in [2.05, 4.69) is 15.3 Å². The zero-order valence-electron chi connectivity index (χ0n) is 47.5. The molecule has 3 aromatic rings. The van der Waals surface area contributed by atoms with Crippen LogP contribution in [0.25, 0.3) is 11.1 Å². The van der Waals surface area contributed by atoms with Crippen LogP contribution in [0.3, 0.4) is 0 Å². The second-order valence-corrected chi connectivity index (χ2v) is 22.9. The largest absolute Gasteiger partial charge is 0.459 e. The fourth-order valence-corrected chi connectivity index (χ4v) is 12.4. The molecule has 0 amide bonds. The number of methoxy groups -OCH3 is 3. The van der Waals surface area contributed by atoms with Gasteiger partial charge in [-0.15, -0.1) is 5.10 Å². The van der Waals surface area contributed by atoms with Gasteiger partial charge in [-0.2, -0.15) is 0 Å². The number of Topliss-reactive ketones (excluding diaryl/α,β-unsaturated/α-hetero) is 1. The van der Waals surface area contributed by atoms with E-state index in [-0.39, 0.29) is 25.0 Å². The Labute approximate surface area is 449 Å². The molecule has 426 valence electrons. The first-order chi connectivity index (χ1) is 35.8. The number of carbonyl (C=O) groups is 2. The minimum absolute atomic E-state index is 0.0741. The minimum atomic E-state index is -2.00. The van der Waals surface area contributed by atoms with Crippen molar-refractivity contribution in [1.29, 1.82) is 0 Å². The molecular formula is C57H88FN5O13. The molecular weight excluding hydrogens is 982 g/mol. The quantitative estimate of drug-likeness (QED) is 0.117. The van der Waals surface area contributed by atoms with Crippen molar-refractivity contribution in [1.82, 2.24) is 24.9 Å². The maximum Gasteiger partial charge on any atom is 0.309 e. The topological polar surface area (TPSA) is 227 Å². The number of alkyl halides is 1. The van der Waals surface area contributed by atoms with E-state index in [1.807, 2.05) is 82.2 Å². The van der Waals surface area contributed by atoms with Gasteiger partial charge in [0.05, 0.1) is 53.3 Å².